The van der Waals surface area contributed by atoms with Gasteiger partial charge in [0.25, 0.3) is 0 Å². The molecule has 0 N–H and O–H groups in total. The Morgan fingerprint density at radius 3 is 2.20 bits per heavy atom. The zero-order valence-electron chi connectivity index (χ0n) is 9.84. The molecule has 1 atom stereocenters. The predicted molar refractivity (Wildman–Crippen MR) is 56.5 cm³/mol. The third-order valence-electron chi connectivity index (χ3n) is 3.83. The molecule has 0 aromatic heterocycles. The molecule has 2 fully saturated rings. The van der Waals surface area contributed by atoms with Crippen LogP contribution in [0.2, 0.25) is 0 Å². The molecule has 1 heterocycles. The molecule has 1 aliphatic carbocycles. The first-order chi connectivity index (χ1) is 7.14. The average molecular weight is 212 g/mol. The summed E-state index contributed by atoms with van der Waals surface area (Å²) in [5, 5.41) is 0. The molecule has 1 saturated heterocycles. The third-order valence-corrected chi connectivity index (χ3v) is 3.83. The van der Waals surface area contributed by atoms with Crippen molar-refractivity contribution in [1.82, 2.24) is 0 Å². The minimum Gasteiger partial charge on any atom is -0.460 e. The molecule has 0 radical (unpaired) electrons. The SMILES string of the molecule is CCC1(CC)OC1(CC)C(=O)OC1CC1. The first-order valence-corrected chi connectivity index (χ1v) is 6.05. The number of carbonyl (C=O) groups is 1. The topological polar surface area (TPSA) is 38.8 Å². The summed E-state index contributed by atoms with van der Waals surface area (Å²) >= 11 is 0. The van der Waals surface area contributed by atoms with Gasteiger partial charge in [-0.15, -0.1) is 0 Å². The van der Waals surface area contributed by atoms with E-state index >= 15 is 0 Å². The van der Waals surface area contributed by atoms with E-state index in [0.717, 1.165) is 32.1 Å². The lowest BCUT2D eigenvalue weighted by molar-refractivity contribution is -0.151. The lowest BCUT2D eigenvalue weighted by Crippen LogP contribution is -2.35. The fourth-order valence-electron chi connectivity index (χ4n) is 2.47. The zero-order chi connectivity index (χ0) is 11.1. The van der Waals surface area contributed by atoms with Crippen molar-refractivity contribution in [2.24, 2.45) is 0 Å². The van der Waals surface area contributed by atoms with Crippen LogP contribution < -0.4 is 0 Å². The molecule has 1 saturated carbocycles. The maximum atomic E-state index is 12.0. The summed E-state index contributed by atoms with van der Waals surface area (Å²) in [6.45, 7) is 6.15. The zero-order valence-corrected chi connectivity index (χ0v) is 9.84. The molecule has 3 nitrogen and oxygen atoms in total. The lowest BCUT2D eigenvalue weighted by Gasteiger charge is -2.15. The van der Waals surface area contributed by atoms with E-state index in [1.807, 2.05) is 6.92 Å². The number of carbonyl (C=O) groups excluding carboxylic acids is 1. The van der Waals surface area contributed by atoms with Crippen molar-refractivity contribution >= 4 is 5.97 Å². The molecule has 86 valence electrons. The van der Waals surface area contributed by atoms with Crippen molar-refractivity contribution in [3.63, 3.8) is 0 Å². The molecule has 0 bridgehead atoms. The van der Waals surface area contributed by atoms with Crippen molar-refractivity contribution in [1.29, 1.82) is 0 Å². The van der Waals surface area contributed by atoms with Crippen LogP contribution in [0.5, 0.6) is 0 Å². The van der Waals surface area contributed by atoms with Gasteiger partial charge in [-0.25, -0.2) is 4.79 Å². The van der Waals surface area contributed by atoms with E-state index in [-0.39, 0.29) is 17.7 Å². The van der Waals surface area contributed by atoms with E-state index in [9.17, 15) is 4.79 Å². The van der Waals surface area contributed by atoms with Gasteiger partial charge in [-0.1, -0.05) is 20.8 Å². The maximum Gasteiger partial charge on any atom is 0.341 e. The van der Waals surface area contributed by atoms with E-state index in [4.69, 9.17) is 9.47 Å². The number of epoxide rings is 1. The summed E-state index contributed by atoms with van der Waals surface area (Å²) in [5.74, 6) is -0.129. The summed E-state index contributed by atoms with van der Waals surface area (Å²) in [4.78, 5) is 12.0. The summed E-state index contributed by atoms with van der Waals surface area (Å²) in [6, 6.07) is 0. The van der Waals surface area contributed by atoms with Crippen molar-refractivity contribution in [2.75, 3.05) is 0 Å². The molecule has 0 aromatic rings. The predicted octanol–water partition coefficient (Wildman–Crippen LogP) is 2.43. The number of hydrogen-bond acceptors (Lipinski definition) is 3. The smallest absolute Gasteiger partial charge is 0.341 e. The van der Waals surface area contributed by atoms with E-state index in [1.54, 1.807) is 0 Å². The number of rotatable bonds is 5. The fraction of sp³-hybridized carbons (Fsp3) is 0.917. The molecule has 0 aromatic carbocycles. The van der Waals surface area contributed by atoms with E-state index in [1.165, 1.54) is 0 Å². The molecule has 3 heteroatoms. The summed E-state index contributed by atoms with van der Waals surface area (Å²) < 4.78 is 11.1. The second kappa shape index (κ2) is 3.48. The van der Waals surface area contributed by atoms with Gasteiger partial charge in [0.1, 0.15) is 11.7 Å². The summed E-state index contributed by atoms with van der Waals surface area (Å²) in [7, 11) is 0. The van der Waals surface area contributed by atoms with Gasteiger partial charge in [0.15, 0.2) is 5.60 Å². The van der Waals surface area contributed by atoms with Crippen LogP contribution in [-0.4, -0.2) is 23.3 Å². The van der Waals surface area contributed by atoms with Crippen LogP contribution in [0.25, 0.3) is 0 Å². The summed E-state index contributed by atoms with van der Waals surface area (Å²) in [5.41, 5.74) is -0.868. The van der Waals surface area contributed by atoms with Gasteiger partial charge < -0.3 is 9.47 Å². The number of ether oxygens (including phenoxy) is 2. The first kappa shape index (κ1) is 10.9. The lowest BCUT2D eigenvalue weighted by atomic mass is 9.86. The van der Waals surface area contributed by atoms with Crippen molar-refractivity contribution in [3.8, 4) is 0 Å². The van der Waals surface area contributed by atoms with Crippen LogP contribution in [0.3, 0.4) is 0 Å². The summed E-state index contributed by atoms with van der Waals surface area (Å²) in [6.07, 6.45) is 4.72. The highest BCUT2D eigenvalue weighted by Gasteiger charge is 2.72. The van der Waals surface area contributed by atoms with Crippen molar-refractivity contribution in [2.45, 2.75) is 70.2 Å². The van der Waals surface area contributed by atoms with Crippen LogP contribution >= 0.6 is 0 Å². The second-order valence-corrected chi connectivity index (χ2v) is 4.59. The Balaban J connectivity index is 2.06. The second-order valence-electron chi connectivity index (χ2n) is 4.59. The molecule has 1 unspecified atom stereocenters. The van der Waals surface area contributed by atoms with Crippen molar-refractivity contribution < 1.29 is 14.3 Å². The molecule has 15 heavy (non-hydrogen) atoms. The quantitative estimate of drug-likeness (QED) is 0.519. The highest BCUT2D eigenvalue weighted by molar-refractivity contribution is 5.85. The van der Waals surface area contributed by atoms with E-state index in [0.29, 0.717) is 0 Å². The van der Waals surface area contributed by atoms with Crippen LogP contribution in [0.4, 0.5) is 0 Å². The van der Waals surface area contributed by atoms with E-state index < -0.39 is 5.60 Å². The maximum absolute atomic E-state index is 12.0. The average Bonchev–Trinajstić information content (AvgIpc) is 3.12. The molecule has 2 aliphatic rings. The molecular weight excluding hydrogens is 192 g/mol. The largest absolute Gasteiger partial charge is 0.460 e. The third kappa shape index (κ3) is 1.48. The minimum absolute atomic E-state index is 0.129. The van der Waals surface area contributed by atoms with Gasteiger partial charge in [-0.3, -0.25) is 0 Å². The Morgan fingerprint density at radius 2 is 1.87 bits per heavy atom. The van der Waals surface area contributed by atoms with Crippen LogP contribution in [0.1, 0.15) is 52.9 Å². The molecular formula is C12H20O3. The fourth-order valence-corrected chi connectivity index (χ4v) is 2.47. The van der Waals surface area contributed by atoms with Crippen LogP contribution in [0.15, 0.2) is 0 Å². The number of esters is 1. The van der Waals surface area contributed by atoms with Gasteiger partial charge in [0, 0.05) is 0 Å². The van der Waals surface area contributed by atoms with Crippen molar-refractivity contribution in [3.05, 3.63) is 0 Å². The standard InChI is InChI=1S/C12H20O3/c1-4-11(5-2)12(6-3,15-11)10(13)14-9-7-8-9/h9H,4-8H2,1-3H3. The highest BCUT2D eigenvalue weighted by Crippen LogP contribution is 2.56. The Hall–Kier alpha value is -0.570. The minimum atomic E-state index is -0.626. The Bertz CT molecular complexity index is 266. The Morgan fingerprint density at radius 1 is 1.27 bits per heavy atom. The van der Waals surface area contributed by atoms with Gasteiger partial charge in [-0.05, 0) is 32.1 Å². The monoisotopic (exact) mass is 212 g/mol. The highest BCUT2D eigenvalue weighted by atomic mass is 16.7. The molecule has 0 amide bonds. The van der Waals surface area contributed by atoms with Gasteiger partial charge >= 0.3 is 5.97 Å². The Kier molecular flexibility index (Phi) is 2.53. The molecule has 0 spiro atoms. The first-order valence-electron chi connectivity index (χ1n) is 6.05. The Labute approximate surface area is 91.1 Å². The van der Waals surface area contributed by atoms with Crippen LogP contribution in [0, 0.1) is 0 Å². The molecule has 2 rings (SSSR count). The molecule has 1 aliphatic heterocycles. The van der Waals surface area contributed by atoms with Gasteiger partial charge in [0.05, 0.1) is 0 Å². The van der Waals surface area contributed by atoms with Gasteiger partial charge in [0.2, 0.25) is 0 Å². The number of hydrogen-bond donors (Lipinski definition) is 0. The van der Waals surface area contributed by atoms with Gasteiger partial charge in [-0.2, -0.15) is 0 Å². The van der Waals surface area contributed by atoms with Crippen LogP contribution in [-0.2, 0) is 14.3 Å². The van der Waals surface area contributed by atoms with E-state index in [2.05, 4.69) is 13.8 Å². The normalized spacial score (nSPS) is 32.5.